The molecule has 0 aliphatic carbocycles. The fourth-order valence-corrected chi connectivity index (χ4v) is 1.82. The Bertz CT molecular complexity index is 455. The first-order valence-corrected chi connectivity index (χ1v) is 4.93. The van der Waals surface area contributed by atoms with Crippen LogP contribution in [0.3, 0.4) is 0 Å². The molecule has 0 radical (unpaired) electrons. The highest BCUT2D eigenvalue weighted by Crippen LogP contribution is 2.38. The van der Waals surface area contributed by atoms with E-state index >= 15 is 0 Å². The van der Waals surface area contributed by atoms with Crippen molar-refractivity contribution in [2.45, 2.75) is 4.83 Å². The minimum atomic E-state index is -2.96. The van der Waals surface area contributed by atoms with Crippen molar-refractivity contribution in [2.24, 2.45) is 0 Å². The zero-order chi connectivity index (χ0) is 10.2. The quantitative estimate of drug-likeness (QED) is 0.668. The molecule has 0 aliphatic rings. The summed E-state index contributed by atoms with van der Waals surface area (Å²) < 4.78 is 26.2. The number of fused-ring (bicyclic) bond motifs is 1. The summed E-state index contributed by atoms with van der Waals surface area (Å²) in [5, 5.41) is 1.40. The van der Waals surface area contributed by atoms with Crippen LogP contribution in [0.25, 0.3) is 10.8 Å². The predicted octanol–water partition coefficient (Wildman–Crippen LogP) is 4.28. The van der Waals surface area contributed by atoms with E-state index in [1.54, 1.807) is 18.2 Å². The highest BCUT2D eigenvalue weighted by molar-refractivity contribution is 9.09. The normalized spacial score (nSPS) is 11.9. The Morgan fingerprint density at radius 1 is 0.929 bits per heavy atom. The van der Waals surface area contributed by atoms with Crippen molar-refractivity contribution >= 4 is 26.7 Å². The summed E-state index contributed by atoms with van der Waals surface area (Å²) in [6, 6.07) is 12.0. The Labute approximate surface area is 88.7 Å². The molecule has 0 bridgehead atoms. The highest BCUT2D eigenvalue weighted by atomic mass is 79.9. The van der Waals surface area contributed by atoms with Crippen molar-refractivity contribution in [2.75, 3.05) is 0 Å². The molecular weight excluding hydrogens is 250 g/mol. The average molecular weight is 257 g/mol. The van der Waals surface area contributed by atoms with E-state index in [-0.39, 0.29) is 5.56 Å². The number of hydrogen-bond donors (Lipinski definition) is 0. The van der Waals surface area contributed by atoms with Gasteiger partial charge in [0, 0.05) is 5.56 Å². The third-order valence-corrected chi connectivity index (χ3v) is 2.52. The maximum absolute atomic E-state index is 13.1. The third-order valence-electron chi connectivity index (χ3n) is 2.10. The van der Waals surface area contributed by atoms with E-state index in [0.717, 1.165) is 5.39 Å². The van der Waals surface area contributed by atoms with E-state index < -0.39 is 4.83 Å². The lowest BCUT2D eigenvalue weighted by molar-refractivity contribution is 0.116. The van der Waals surface area contributed by atoms with E-state index in [1.165, 1.54) is 6.07 Å². The maximum atomic E-state index is 13.1. The van der Waals surface area contributed by atoms with Crippen molar-refractivity contribution in [3.8, 4) is 0 Å². The molecule has 0 atom stereocenters. The molecule has 14 heavy (non-hydrogen) atoms. The van der Waals surface area contributed by atoms with Gasteiger partial charge in [-0.05, 0) is 26.7 Å². The summed E-state index contributed by atoms with van der Waals surface area (Å²) in [7, 11) is 0. The van der Waals surface area contributed by atoms with E-state index in [2.05, 4.69) is 15.9 Å². The van der Waals surface area contributed by atoms with Gasteiger partial charge < -0.3 is 0 Å². The van der Waals surface area contributed by atoms with Gasteiger partial charge in [-0.2, -0.15) is 8.78 Å². The molecule has 2 rings (SSSR count). The lowest BCUT2D eigenvalue weighted by Crippen LogP contribution is -2.02. The smallest absolute Gasteiger partial charge is 0.188 e. The molecule has 3 heteroatoms. The van der Waals surface area contributed by atoms with Crippen LogP contribution in [0, 0.1) is 0 Å². The lowest BCUT2D eigenvalue weighted by atomic mass is 10.1. The van der Waals surface area contributed by atoms with Crippen LogP contribution in [0.5, 0.6) is 0 Å². The van der Waals surface area contributed by atoms with Gasteiger partial charge in [-0.1, -0.05) is 42.5 Å². The van der Waals surface area contributed by atoms with Crippen LogP contribution in [0.1, 0.15) is 5.56 Å². The van der Waals surface area contributed by atoms with Crippen LogP contribution >= 0.6 is 15.9 Å². The van der Waals surface area contributed by atoms with E-state index in [0.29, 0.717) is 5.39 Å². The molecule has 0 fully saturated rings. The van der Waals surface area contributed by atoms with Gasteiger partial charge in [0.15, 0.2) is 0 Å². The first-order valence-electron chi connectivity index (χ1n) is 4.14. The zero-order valence-electron chi connectivity index (χ0n) is 7.18. The molecule has 2 aromatic rings. The second-order valence-electron chi connectivity index (χ2n) is 3.02. The SMILES string of the molecule is FC(F)(Br)c1cccc2ccccc12. The largest absolute Gasteiger partial charge is 0.327 e. The monoisotopic (exact) mass is 256 g/mol. The summed E-state index contributed by atoms with van der Waals surface area (Å²) in [6.07, 6.45) is 0. The summed E-state index contributed by atoms with van der Waals surface area (Å²) in [6.45, 7) is 0. The molecule has 0 amide bonds. The van der Waals surface area contributed by atoms with Crippen LogP contribution < -0.4 is 0 Å². The summed E-state index contributed by atoms with van der Waals surface area (Å²) in [5.74, 6) is 0. The number of rotatable bonds is 1. The van der Waals surface area contributed by atoms with Crippen molar-refractivity contribution < 1.29 is 8.78 Å². The average Bonchev–Trinajstić information content (AvgIpc) is 2.15. The fraction of sp³-hybridized carbons (Fsp3) is 0.0909. The van der Waals surface area contributed by atoms with Gasteiger partial charge >= 0.3 is 4.83 Å². The fourth-order valence-electron chi connectivity index (χ4n) is 1.47. The van der Waals surface area contributed by atoms with Gasteiger partial charge in [0.1, 0.15) is 0 Å². The Kier molecular flexibility index (Phi) is 2.27. The van der Waals surface area contributed by atoms with Crippen LogP contribution in [-0.2, 0) is 4.83 Å². The molecule has 72 valence electrons. The van der Waals surface area contributed by atoms with E-state index in [1.807, 2.05) is 18.2 Å². The van der Waals surface area contributed by atoms with Gasteiger partial charge in [-0.3, -0.25) is 0 Å². The molecule has 2 aromatic carbocycles. The minimum Gasteiger partial charge on any atom is -0.188 e. The zero-order valence-corrected chi connectivity index (χ0v) is 8.76. The standard InChI is InChI=1S/C11H7BrF2/c12-11(13,14)10-7-3-5-8-4-1-2-6-9(8)10/h1-7H. The molecule has 0 nitrogen and oxygen atoms in total. The van der Waals surface area contributed by atoms with E-state index in [9.17, 15) is 8.78 Å². The second kappa shape index (κ2) is 3.31. The number of alkyl halides is 3. The summed E-state index contributed by atoms with van der Waals surface area (Å²) >= 11 is 2.37. The Hall–Kier alpha value is -0.960. The third kappa shape index (κ3) is 1.64. The van der Waals surface area contributed by atoms with Gasteiger partial charge in [-0.25, -0.2) is 0 Å². The van der Waals surface area contributed by atoms with Crippen molar-refractivity contribution in [3.63, 3.8) is 0 Å². The van der Waals surface area contributed by atoms with Crippen molar-refractivity contribution in [1.82, 2.24) is 0 Å². The van der Waals surface area contributed by atoms with Gasteiger partial charge in [-0.15, -0.1) is 0 Å². The summed E-state index contributed by atoms with van der Waals surface area (Å²) in [5.41, 5.74) is 0.00981. The topological polar surface area (TPSA) is 0 Å². The Morgan fingerprint density at radius 2 is 1.57 bits per heavy atom. The minimum absolute atomic E-state index is 0.00981. The van der Waals surface area contributed by atoms with Crippen molar-refractivity contribution in [1.29, 1.82) is 0 Å². The lowest BCUT2D eigenvalue weighted by Gasteiger charge is -2.11. The van der Waals surface area contributed by atoms with Gasteiger partial charge in [0.05, 0.1) is 0 Å². The Morgan fingerprint density at radius 3 is 2.29 bits per heavy atom. The van der Waals surface area contributed by atoms with Gasteiger partial charge in [0.25, 0.3) is 0 Å². The number of benzene rings is 2. The van der Waals surface area contributed by atoms with Crippen LogP contribution in [0.15, 0.2) is 42.5 Å². The molecule has 0 heterocycles. The second-order valence-corrected chi connectivity index (χ2v) is 4.02. The van der Waals surface area contributed by atoms with E-state index in [4.69, 9.17) is 0 Å². The molecule has 0 spiro atoms. The molecule has 0 N–H and O–H groups in total. The molecule has 0 aromatic heterocycles. The molecule has 0 saturated carbocycles. The summed E-state index contributed by atoms with van der Waals surface area (Å²) in [4.78, 5) is -2.96. The Balaban J connectivity index is 2.78. The number of hydrogen-bond acceptors (Lipinski definition) is 0. The van der Waals surface area contributed by atoms with Crippen LogP contribution in [0.4, 0.5) is 8.78 Å². The van der Waals surface area contributed by atoms with Gasteiger partial charge in [0.2, 0.25) is 0 Å². The first-order chi connectivity index (χ1) is 6.59. The molecular formula is C11H7BrF2. The molecule has 0 saturated heterocycles. The molecule has 0 unspecified atom stereocenters. The number of halogens is 3. The highest BCUT2D eigenvalue weighted by Gasteiger charge is 2.28. The predicted molar refractivity (Wildman–Crippen MR) is 56.8 cm³/mol. The first kappa shape index (κ1) is 9.59. The van der Waals surface area contributed by atoms with Crippen molar-refractivity contribution in [3.05, 3.63) is 48.0 Å². The maximum Gasteiger partial charge on any atom is 0.327 e. The molecule has 0 aliphatic heterocycles. The van der Waals surface area contributed by atoms with Crippen LogP contribution in [-0.4, -0.2) is 0 Å². The van der Waals surface area contributed by atoms with Crippen LogP contribution in [0.2, 0.25) is 0 Å².